The Kier molecular flexibility index (Phi) is 5.27. The Morgan fingerprint density at radius 2 is 1.76 bits per heavy atom. The smallest absolute Gasteiger partial charge is 0.337 e. The van der Waals surface area contributed by atoms with Crippen LogP contribution in [0.15, 0.2) is 48.5 Å². The summed E-state index contributed by atoms with van der Waals surface area (Å²) in [4.78, 5) is 12.0. The van der Waals surface area contributed by atoms with Crippen molar-refractivity contribution in [3.63, 3.8) is 0 Å². The molecule has 0 saturated carbocycles. The highest BCUT2D eigenvalue weighted by Gasteiger charge is 2.22. The summed E-state index contributed by atoms with van der Waals surface area (Å²) in [5.41, 5.74) is 5.17. The van der Waals surface area contributed by atoms with E-state index in [2.05, 4.69) is 22.0 Å². The van der Waals surface area contributed by atoms with Crippen LogP contribution in [0.25, 0.3) is 0 Å². The van der Waals surface area contributed by atoms with Crippen LogP contribution in [0.4, 0.5) is 0 Å². The van der Waals surface area contributed by atoms with Crippen molar-refractivity contribution >= 4 is 5.97 Å². The van der Waals surface area contributed by atoms with E-state index < -0.39 is 5.97 Å². The van der Waals surface area contributed by atoms with Gasteiger partial charge in [0.05, 0.1) is 5.56 Å². The molecule has 1 aliphatic rings. The standard InChI is InChI=1S/C23H24N2O4/c1-15-19(12-24-11-18-8-9-20-21(10-18)29-14-28-20)22(23(26)27)16(2)25(15)13-17-6-4-3-5-7-17/h3-10,24H,11-14H2,1-2H3,(H,26,27). The van der Waals surface area contributed by atoms with E-state index in [1.165, 1.54) is 0 Å². The van der Waals surface area contributed by atoms with E-state index in [9.17, 15) is 9.90 Å². The summed E-state index contributed by atoms with van der Waals surface area (Å²) in [5, 5.41) is 13.2. The van der Waals surface area contributed by atoms with Crippen LogP contribution in [0.5, 0.6) is 11.5 Å². The van der Waals surface area contributed by atoms with Gasteiger partial charge in [-0.05, 0) is 37.1 Å². The van der Waals surface area contributed by atoms with Crippen molar-refractivity contribution in [3.05, 3.63) is 82.2 Å². The lowest BCUT2D eigenvalue weighted by Gasteiger charge is -2.10. The second kappa shape index (κ2) is 8.01. The molecule has 2 heterocycles. The second-order valence-electron chi connectivity index (χ2n) is 7.19. The lowest BCUT2D eigenvalue weighted by molar-refractivity contribution is 0.0694. The molecule has 0 spiro atoms. The fourth-order valence-corrected chi connectivity index (χ4v) is 3.83. The van der Waals surface area contributed by atoms with Gasteiger partial charge in [0, 0.05) is 36.6 Å². The molecule has 4 rings (SSSR count). The number of carbonyl (C=O) groups is 1. The van der Waals surface area contributed by atoms with Crippen LogP contribution in [0.1, 0.15) is 38.4 Å². The Morgan fingerprint density at radius 3 is 2.52 bits per heavy atom. The average Bonchev–Trinajstić information content (AvgIpc) is 3.27. The number of rotatable bonds is 7. The van der Waals surface area contributed by atoms with Gasteiger partial charge in [0.15, 0.2) is 11.5 Å². The summed E-state index contributed by atoms with van der Waals surface area (Å²) in [6, 6.07) is 15.9. The Bertz CT molecular complexity index is 1040. The summed E-state index contributed by atoms with van der Waals surface area (Å²) >= 11 is 0. The minimum absolute atomic E-state index is 0.252. The van der Waals surface area contributed by atoms with E-state index in [0.29, 0.717) is 25.2 Å². The van der Waals surface area contributed by atoms with Crippen molar-refractivity contribution in [2.75, 3.05) is 6.79 Å². The first kappa shape index (κ1) is 19.1. The number of ether oxygens (including phenoxy) is 2. The maximum Gasteiger partial charge on any atom is 0.337 e. The minimum Gasteiger partial charge on any atom is -0.478 e. The van der Waals surface area contributed by atoms with Gasteiger partial charge >= 0.3 is 5.97 Å². The largest absolute Gasteiger partial charge is 0.478 e. The molecule has 1 aromatic heterocycles. The molecule has 2 aromatic carbocycles. The molecule has 0 unspecified atom stereocenters. The summed E-state index contributed by atoms with van der Waals surface area (Å²) in [6.45, 7) is 5.85. The predicted molar refractivity (Wildman–Crippen MR) is 110 cm³/mol. The van der Waals surface area contributed by atoms with Crippen molar-refractivity contribution in [3.8, 4) is 11.5 Å². The number of fused-ring (bicyclic) bond motifs is 1. The summed E-state index contributed by atoms with van der Waals surface area (Å²) in [6.07, 6.45) is 0. The molecule has 6 nitrogen and oxygen atoms in total. The van der Waals surface area contributed by atoms with Gasteiger partial charge in [0.2, 0.25) is 6.79 Å². The topological polar surface area (TPSA) is 72.7 Å². The number of carboxylic acids is 1. The van der Waals surface area contributed by atoms with Crippen molar-refractivity contribution in [2.45, 2.75) is 33.5 Å². The van der Waals surface area contributed by atoms with Gasteiger partial charge in [-0.15, -0.1) is 0 Å². The van der Waals surface area contributed by atoms with Crippen LogP contribution in [0.3, 0.4) is 0 Å². The molecular weight excluding hydrogens is 368 g/mol. The molecule has 0 amide bonds. The third-order valence-electron chi connectivity index (χ3n) is 5.38. The molecule has 0 fully saturated rings. The maximum atomic E-state index is 12.0. The number of hydrogen-bond donors (Lipinski definition) is 2. The molecule has 0 aliphatic carbocycles. The SMILES string of the molecule is Cc1c(CNCc2ccc3c(c2)OCO3)c(C(=O)O)c(C)n1Cc1ccccc1. The fraction of sp³-hybridized carbons (Fsp3) is 0.261. The molecule has 29 heavy (non-hydrogen) atoms. The number of benzene rings is 2. The lowest BCUT2D eigenvalue weighted by atomic mass is 10.1. The van der Waals surface area contributed by atoms with Gasteiger partial charge in [0.1, 0.15) is 0 Å². The molecule has 1 aliphatic heterocycles. The quantitative estimate of drug-likeness (QED) is 0.639. The molecule has 0 bridgehead atoms. The molecule has 0 atom stereocenters. The minimum atomic E-state index is -0.891. The van der Waals surface area contributed by atoms with Gasteiger partial charge in [-0.3, -0.25) is 0 Å². The van der Waals surface area contributed by atoms with Gasteiger partial charge in [-0.2, -0.15) is 0 Å². The number of hydrogen-bond acceptors (Lipinski definition) is 4. The predicted octanol–water partition coefficient (Wildman–Crippen LogP) is 3.87. The zero-order valence-electron chi connectivity index (χ0n) is 16.6. The monoisotopic (exact) mass is 392 g/mol. The van der Waals surface area contributed by atoms with Crippen molar-refractivity contribution in [1.29, 1.82) is 0 Å². The molecule has 6 heteroatoms. The summed E-state index contributed by atoms with van der Waals surface area (Å²) < 4.78 is 12.8. The Balaban J connectivity index is 1.53. The molecule has 3 aromatic rings. The van der Waals surface area contributed by atoms with E-state index in [1.54, 1.807) is 0 Å². The first-order valence-electron chi connectivity index (χ1n) is 9.59. The van der Waals surface area contributed by atoms with Crippen molar-refractivity contribution in [1.82, 2.24) is 9.88 Å². The van der Waals surface area contributed by atoms with Gasteiger partial charge in [-0.1, -0.05) is 36.4 Å². The Hall–Kier alpha value is -3.25. The van der Waals surface area contributed by atoms with Gasteiger partial charge in [-0.25, -0.2) is 4.79 Å². The fourth-order valence-electron chi connectivity index (χ4n) is 3.83. The molecule has 0 radical (unpaired) electrons. The molecular formula is C23H24N2O4. The summed E-state index contributed by atoms with van der Waals surface area (Å²) in [7, 11) is 0. The number of carboxylic acid groups (broad SMARTS) is 1. The zero-order valence-corrected chi connectivity index (χ0v) is 16.6. The third kappa shape index (κ3) is 3.84. The Labute approximate surface area is 169 Å². The highest BCUT2D eigenvalue weighted by atomic mass is 16.7. The average molecular weight is 392 g/mol. The Morgan fingerprint density at radius 1 is 1.00 bits per heavy atom. The van der Waals surface area contributed by atoms with Crippen LogP contribution in [0, 0.1) is 13.8 Å². The number of aromatic carboxylic acids is 1. The van der Waals surface area contributed by atoms with Crippen molar-refractivity contribution < 1.29 is 19.4 Å². The highest BCUT2D eigenvalue weighted by Crippen LogP contribution is 2.32. The van der Waals surface area contributed by atoms with Crippen LogP contribution in [0.2, 0.25) is 0 Å². The van der Waals surface area contributed by atoms with E-state index in [-0.39, 0.29) is 6.79 Å². The van der Waals surface area contributed by atoms with E-state index in [0.717, 1.165) is 39.6 Å². The normalized spacial score (nSPS) is 12.3. The van der Waals surface area contributed by atoms with Crippen LogP contribution >= 0.6 is 0 Å². The first-order chi connectivity index (χ1) is 14.0. The van der Waals surface area contributed by atoms with E-state index in [1.807, 2.05) is 50.2 Å². The zero-order chi connectivity index (χ0) is 20.4. The molecule has 150 valence electrons. The number of nitrogens with one attached hydrogen (secondary N) is 1. The third-order valence-corrected chi connectivity index (χ3v) is 5.38. The lowest BCUT2D eigenvalue weighted by Crippen LogP contribution is -2.15. The van der Waals surface area contributed by atoms with Gasteiger partial charge in [0.25, 0.3) is 0 Å². The number of aromatic nitrogens is 1. The van der Waals surface area contributed by atoms with Crippen molar-refractivity contribution in [2.24, 2.45) is 0 Å². The number of nitrogens with zero attached hydrogens (tertiary/aromatic N) is 1. The van der Waals surface area contributed by atoms with Crippen LogP contribution < -0.4 is 14.8 Å². The van der Waals surface area contributed by atoms with Crippen LogP contribution in [-0.4, -0.2) is 22.4 Å². The molecule has 0 saturated heterocycles. The van der Waals surface area contributed by atoms with Gasteiger partial charge < -0.3 is 24.5 Å². The van der Waals surface area contributed by atoms with E-state index >= 15 is 0 Å². The van der Waals surface area contributed by atoms with Crippen LogP contribution in [-0.2, 0) is 19.6 Å². The summed E-state index contributed by atoms with van der Waals surface area (Å²) in [5.74, 6) is 0.611. The first-order valence-corrected chi connectivity index (χ1v) is 9.59. The second-order valence-corrected chi connectivity index (χ2v) is 7.19. The maximum absolute atomic E-state index is 12.0. The molecule has 2 N–H and O–H groups in total. The van der Waals surface area contributed by atoms with E-state index in [4.69, 9.17) is 9.47 Å². The highest BCUT2D eigenvalue weighted by molar-refractivity contribution is 5.91.